The molecule has 0 aliphatic carbocycles. The molecule has 0 radical (unpaired) electrons. The number of amides is 3. The lowest BCUT2D eigenvalue weighted by Crippen LogP contribution is -2.47. The van der Waals surface area contributed by atoms with E-state index in [9.17, 15) is 18.4 Å². The third kappa shape index (κ3) is 4.95. The molecule has 2 aromatic carbocycles. The lowest BCUT2D eigenvalue weighted by atomic mass is 10.2. The lowest BCUT2D eigenvalue weighted by molar-refractivity contribution is 0.0762. The molecule has 0 saturated carbocycles. The van der Waals surface area contributed by atoms with E-state index in [2.05, 4.69) is 5.32 Å². The molecule has 8 heteroatoms. The summed E-state index contributed by atoms with van der Waals surface area (Å²) in [6.45, 7) is 3.20. The predicted octanol–water partition coefficient (Wildman–Crippen LogP) is 3.10. The average Bonchev–Trinajstić information content (AvgIpc) is 3.07. The molecule has 2 aromatic rings. The molecule has 2 aliphatic rings. The van der Waals surface area contributed by atoms with Crippen molar-refractivity contribution in [2.24, 2.45) is 0 Å². The van der Waals surface area contributed by atoms with Gasteiger partial charge in [-0.05, 0) is 37.1 Å². The Balaban J connectivity index is 1.30. The van der Waals surface area contributed by atoms with Crippen LogP contribution in [0.1, 0.15) is 23.2 Å². The largest absolute Gasteiger partial charge is 0.367 e. The second-order valence-corrected chi connectivity index (χ2v) is 7.98. The average molecular weight is 428 g/mol. The summed E-state index contributed by atoms with van der Waals surface area (Å²) in [4.78, 5) is 30.8. The van der Waals surface area contributed by atoms with Gasteiger partial charge in [-0.25, -0.2) is 13.6 Å². The topological polar surface area (TPSA) is 55.9 Å². The molecule has 1 N–H and O–H groups in total. The van der Waals surface area contributed by atoms with Crippen molar-refractivity contribution in [3.8, 4) is 0 Å². The summed E-state index contributed by atoms with van der Waals surface area (Å²) >= 11 is 0. The number of hydrogen-bond donors (Lipinski definition) is 1. The van der Waals surface area contributed by atoms with E-state index in [-0.39, 0.29) is 18.0 Å². The molecular formula is C23H26F2N4O2. The van der Waals surface area contributed by atoms with E-state index >= 15 is 0 Å². The molecule has 1 atom stereocenters. The van der Waals surface area contributed by atoms with Gasteiger partial charge in [0.25, 0.3) is 5.91 Å². The van der Waals surface area contributed by atoms with Gasteiger partial charge in [-0.1, -0.05) is 18.2 Å². The van der Waals surface area contributed by atoms with Gasteiger partial charge < -0.3 is 20.0 Å². The van der Waals surface area contributed by atoms with E-state index in [4.69, 9.17) is 0 Å². The number of rotatable bonds is 3. The molecule has 1 unspecified atom stereocenters. The van der Waals surface area contributed by atoms with Gasteiger partial charge in [0.05, 0.1) is 5.69 Å². The number of nitrogens with one attached hydrogen (secondary N) is 1. The summed E-state index contributed by atoms with van der Waals surface area (Å²) < 4.78 is 27.2. The van der Waals surface area contributed by atoms with Crippen LogP contribution in [0.2, 0.25) is 0 Å². The minimum Gasteiger partial charge on any atom is -0.367 e. The zero-order chi connectivity index (χ0) is 21.8. The fourth-order valence-corrected chi connectivity index (χ4v) is 4.19. The van der Waals surface area contributed by atoms with Crippen molar-refractivity contribution in [1.29, 1.82) is 0 Å². The zero-order valence-electron chi connectivity index (χ0n) is 17.3. The third-order valence-corrected chi connectivity index (χ3v) is 5.86. The van der Waals surface area contributed by atoms with Crippen LogP contribution in [0.4, 0.5) is 19.3 Å². The van der Waals surface area contributed by atoms with Crippen molar-refractivity contribution in [2.45, 2.75) is 18.9 Å². The monoisotopic (exact) mass is 428 g/mol. The van der Waals surface area contributed by atoms with Crippen molar-refractivity contribution < 1.29 is 18.4 Å². The summed E-state index contributed by atoms with van der Waals surface area (Å²) in [6, 6.07) is 12.4. The first-order valence-corrected chi connectivity index (χ1v) is 10.6. The SMILES string of the molecule is O=C(NC1CCN(c2ccc(F)cc2F)C1)N1CCCN(C(=O)c2ccccc2)CC1. The molecule has 0 aromatic heterocycles. The van der Waals surface area contributed by atoms with Crippen LogP contribution < -0.4 is 10.2 Å². The van der Waals surface area contributed by atoms with Gasteiger partial charge in [0.15, 0.2) is 0 Å². The van der Waals surface area contributed by atoms with Crippen LogP contribution in [0.3, 0.4) is 0 Å². The Morgan fingerprint density at radius 3 is 2.42 bits per heavy atom. The molecular weight excluding hydrogens is 402 g/mol. The quantitative estimate of drug-likeness (QED) is 0.818. The highest BCUT2D eigenvalue weighted by Gasteiger charge is 2.28. The van der Waals surface area contributed by atoms with E-state index in [1.807, 2.05) is 23.1 Å². The summed E-state index contributed by atoms with van der Waals surface area (Å²) in [6.07, 6.45) is 1.40. The van der Waals surface area contributed by atoms with Crippen LogP contribution in [0.15, 0.2) is 48.5 Å². The Bertz CT molecular complexity index is 940. The Hall–Kier alpha value is -3.16. The van der Waals surface area contributed by atoms with E-state index in [1.165, 1.54) is 12.1 Å². The van der Waals surface area contributed by atoms with Crippen LogP contribution in [0.5, 0.6) is 0 Å². The van der Waals surface area contributed by atoms with Crippen molar-refractivity contribution in [3.63, 3.8) is 0 Å². The Kier molecular flexibility index (Phi) is 6.34. The highest BCUT2D eigenvalue weighted by Crippen LogP contribution is 2.24. The summed E-state index contributed by atoms with van der Waals surface area (Å²) in [5, 5.41) is 3.03. The van der Waals surface area contributed by atoms with Crippen LogP contribution in [0.25, 0.3) is 0 Å². The van der Waals surface area contributed by atoms with Gasteiger partial charge in [0.1, 0.15) is 11.6 Å². The normalized spacial score (nSPS) is 19.3. The van der Waals surface area contributed by atoms with Crippen molar-refractivity contribution >= 4 is 17.6 Å². The van der Waals surface area contributed by atoms with Gasteiger partial charge >= 0.3 is 6.03 Å². The standard InChI is InChI=1S/C23H26F2N4O2/c24-18-7-8-21(20(25)15-18)29-12-9-19(16-29)26-23(31)28-11-4-10-27(13-14-28)22(30)17-5-2-1-3-6-17/h1-3,5-8,15,19H,4,9-14,16H2,(H,26,31). The first kappa shape index (κ1) is 21.1. The van der Waals surface area contributed by atoms with Gasteiger partial charge in [0, 0.05) is 56.9 Å². The number of benzene rings is 2. The zero-order valence-corrected chi connectivity index (χ0v) is 17.3. The minimum atomic E-state index is -0.605. The number of hydrogen-bond acceptors (Lipinski definition) is 3. The number of urea groups is 1. The maximum Gasteiger partial charge on any atom is 0.317 e. The summed E-state index contributed by atoms with van der Waals surface area (Å²) in [5.41, 5.74) is 1.00. The predicted molar refractivity (Wildman–Crippen MR) is 114 cm³/mol. The molecule has 6 nitrogen and oxygen atoms in total. The molecule has 0 bridgehead atoms. The second-order valence-electron chi connectivity index (χ2n) is 7.98. The smallest absolute Gasteiger partial charge is 0.317 e. The fraction of sp³-hybridized carbons (Fsp3) is 0.391. The molecule has 3 amide bonds. The minimum absolute atomic E-state index is 0.0179. The molecule has 164 valence electrons. The molecule has 31 heavy (non-hydrogen) atoms. The lowest BCUT2D eigenvalue weighted by Gasteiger charge is -2.25. The molecule has 0 spiro atoms. The first-order chi connectivity index (χ1) is 15.0. The summed E-state index contributed by atoms with van der Waals surface area (Å²) in [5.74, 6) is -1.22. The number of nitrogens with zero attached hydrogens (tertiary/aromatic N) is 3. The van der Waals surface area contributed by atoms with E-state index < -0.39 is 11.6 Å². The molecule has 2 fully saturated rings. The Morgan fingerprint density at radius 2 is 1.65 bits per heavy atom. The number of halogens is 2. The van der Waals surface area contributed by atoms with Crippen molar-refractivity contribution in [2.75, 3.05) is 44.2 Å². The fourth-order valence-electron chi connectivity index (χ4n) is 4.19. The second kappa shape index (κ2) is 9.32. The number of carbonyl (C=O) groups is 2. The van der Waals surface area contributed by atoms with E-state index in [0.29, 0.717) is 63.4 Å². The van der Waals surface area contributed by atoms with E-state index in [1.54, 1.807) is 21.9 Å². The highest BCUT2D eigenvalue weighted by atomic mass is 19.1. The van der Waals surface area contributed by atoms with Gasteiger partial charge in [-0.3, -0.25) is 4.79 Å². The molecule has 2 aliphatic heterocycles. The van der Waals surface area contributed by atoms with Gasteiger partial charge in [0.2, 0.25) is 0 Å². The maximum absolute atomic E-state index is 14.0. The van der Waals surface area contributed by atoms with Gasteiger partial charge in [-0.2, -0.15) is 0 Å². The molecule has 4 rings (SSSR count). The molecule has 2 saturated heterocycles. The maximum atomic E-state index is 14.0. The van der Waals surface area contributed by atoms with Gasteiger partial charge in [-0.15, -0.1) is 0 Å². The van der Waals surface area contributed by atoms with E-state index in [0.717, 1.165) is 6.07 Å². The Labute approximate surface area is 180 Å². The van der Waals surface area contributed by atoms with Crippen molar-refractivity contribution in [1.82, 2.24) is 15.1 Å². The number of anilines is 1. The van der Waals surface area contributed by atoms with Crippen molar-refractivity contribution in [3.05, 3.63) is 65.7 Å². The number of carbonyl (C=O) groups excluding carboxylic acids is 2. The third-order valence-electron chi connectivity index (χ3n) is 5.86. The first-order valence-electron chi connectivity index (χ1n) is 10.6. The van der Waals surface area contributed by atoms with Crippen LogP contribution in [0, 0.1) is 11.6 Å². The van der Waals surface area contributed by atoms with Crippen LogP contribution >= 0.6 is 0 Å². The van der Waals surface area contributed by atoms with Crippen LogP contribution in [-0.2, 0) is 0 Å². The highest BCUT2D eigenvalue weighted by molar-refractivity contribution is 5.94. The molecule has 2 heterocycles. The Morgan fingerprint density at radius 1 is 0.903 bits per heavy atom. The summed E-state index contributed by atoms with van der Waals surface area (Å²) in [7, 11) is 0. The van der Waals surface area contributed by atoms with Crippen LogP contribution in [-0.4, -0.2) is 67.0 Å².